The van der Waals surface area contributed by atoms with Crippen LogP contribution in [-0.4, -0.2) is 37.5 Å². The van der Waals surface area contributed by atoms with Gasteiger partial charge in [-0.25, -0.2) is 4.39 Å². The Morgan fingerprint density at radius 3 is 2.44 bits per heavy atom. The van der Waals surface area contributed by atoms with Crippen LogP contribution in [0.3, 0.4) is 0 Å². The number of carbonyl (C=O) groups excluding carboxylic acids is 2. The Morgan fingerprint density at radius 2 is 1.75 bits per heavy atom. The van der Waals surface area contributed by atoms with Crippen LogP contribution in [0.2, 0.25) is 5.02 Å². The van der Waals surface area contributed by atoms with E-state index in [1.165, 1.54) is 31.3 Å². The number of benzene rings is 3. The summed E-state index contributed by atoms with van der Waals surface area (Å²) in [4.78, 5) is 27.8. The molecule has 1 atom stereocenters. The zero-order chi connectivity index (χ0) is 22.8. The number of fused-ring (bicyclic) bond motifs is 1. The highest BCUT2D eigenvalue weighted by atomic mass is 35.5. The van der Waals surface area contributed by atoms with E-state index < -0.39 is 17.8 Å². The van der Waals surface area contributed by atoms with Crippen LogP contribution in [0, 0.1) is 5.82 Å². The van der Waals surface area contributed by atoms with Crippen molar-refractivity contribution in [2.45, 2.75) is 6.04 Å². The highest BCUT2D eigenvalue weighted by molar-refractivity contribution is 6.30. The molecular weight excluding hydrogens is 435 g/mol. The molecule has 1 aliphatic rings. The van der Waals surface area contributed by atoms with E-state index in [2.05, 4.69) is 5.32 Å². The van der Waals surface area contributed by atoms with Crippen LogP contribution >= 0.6 is 11.6 Å². The summed E-state index contributed by atoms with van der Waals surface area (Å²) in [5.41, 5.74) is 2.12. The van der Waals surface area contributed by atoms with Gasteiger partial charge in [0.15, 0.2) is 11.5 Å². The van der Waals surface area contributed by atoms with Gasteiger partial charge in [0.25, 0.3) is 5.91 Å². The van der Waals surface area contributed by atoms with Gasteiger partial charge in [0.1, 0.15) is 12.4 Å². The topological polar surface area (TPSA) is 67.9 Å². The first-order chi connectivity index (χ1) is 15.4. The summed E-state index contributed by atoms with van der Waals surface area (Å²) in [6.45, 7) is -0.207. The van der Waals surface area contributed by atoms with Crippen molar-refractivity contribution in [3.05, 3.63) is 88.2 Å². The molecule has 0 saturated heterocycles. The minimum atomic E-state index is -0.677. The number of nitrogens with zero attached hydrogens (tertiary/aromatic N) is 1. The van der Waals surface area contributed by atoms with Crippen molar-refractivity contribution in [2.24, 2.45) is 0 Å². The van der Waals surface area contributed by atoms with Crippen molar-refractivity contribution in [2.75, 3.05) is 26.1 Å². The van der Waals surface area contributed by atoms with E-state index in [1.54, 1.807) is 48.5 Å². The molecule has 0 aromatic heterocycles. The second-order valence-corrected chi connectivity index (χ2v) is 7.67. The van der Waals surface area contributed by atoms with Gasteiger partial charge in [0.2, 0.25) is 5.91 Å². The van der Waals surface area contributed by atoms with E-state index in [0.29, 0.717) is 38.9 Å². The molecule has 0 bridgehead atoms. The molecule has 3 aromatic carbocycles. The Balaban J connectivity index is 1.87. The number of anilines is 1. The Hall–Kier alpha value is -3.58. The lowest BCUT2D eigenvalue weighted by molar-refractivity contribution is -0.117. The summed E-state index contributed by atoms with van der Waals surface area (Å²) < 4.78 is 24.2. The van der Waals surface area contributed by atoms with Crippen molar-refractivity contribution >= 4 is 29.1 Å². The summed E-state index contributed by atoms with van der Waals surface area (Å²) in [6, 6.07) is 15.0. The molecule has 0 fully saturated rings. The lowest BCUT2D eigenvalue weighted by Gasteiger charge is -2.31. The first-order valence-corrected chi connectivity index (χ1v) is 10.2. The average Bonchev–Trinajstić information content (AvgIpc) is 2.94. The number of halogens is 2. The third-order valence-electron chi connectivity index (χ3n) is 5.29. The number of hydrogen-bond acceptors (Lipinski definition) is 4. The van der Waals surface area contributed by atoms with Gasteiger partial charge in [-0.15, -0.1) is 0 Å². The average molecular weight is 455 g/mol. The number of nitrogens with one attached hydrogen (secondary N) is 1. The van der Waals surface area contributed by atoms with Gasteiger partial charge < -0.3 is 19.7 Å². The fraction of sp³-hybridized carbons (Fsp3) is 0.167. The lowest BCUT2D eigenvalue weighted by Crippen LogP contribution is -2.39. The minimum absolute atomic E-state index is 0.207. The molecule has 0 unspecified atom stereocenters. The van der Waals surface area contributed by atoms with Gasteiger partial charge >= 0.3 is 0 Å². The first kappa shape index (κ1) is 21.6. The molecule has 0 aliphatic carbocycles. The second kappa shape index (κ2) is 8.88. The molecule has 32 heavy (non-hydrogen) atoms. The number of methoxy groups -OCH3 is 2. The smallest absolute Gasteiger partial charge is 0.255 e. The van der Waals surface area contributed by atoms with E-state index >= 15 is 0 Å². The SMILES string of the molecule is COc1ccc(C(=O)N2CC(=O)Nc3ccc(Cl)cc3[C@H]2c2ccc(F)cc2)cc1OC. The zero-order valence-electron chi connectivity index (χ0n) is 17.4. The van der Waals surface area contributed by atoms with Crippen LogP contribution in [0.4, 0.5) is 10.1 Å². The van der Waals surface area contributed by atoms with E-state index in [9.17, 15) is 14.0 Å². The molecule has 0 radical (unpaired) electrons. The van der Waals surface area contributed by atoms with Gasteiger partial charge in [0.05, 0.1) is 20.3 Å². The molecule has 1 heterocycles. The van der Waals surface area contributed by atoms with Gasteiger partial charge in [-0.2, -0.15) is 0 Å². The number of amides is 2. The second-order valence-electron chi connectivity index (χ2n) is 7.24. The maximum atomic E-state index is 13.7. The van der Waals surface area contributed by atoms with E-state index in [1.807, 2.05) is 0 Å². The maximum absolute atomic E-state index is 13.7. The predicted molar refractivity (Wildman–Crippen MR) is 119 cm³/mol. The molecule has 6 nitrogen and oxygen atoms in total. The fourth-order valence-corrected chi connectivity index (χ4v) is 3.99. The van der Waals surface area contributed by atoms with E-state index in [4.69, 9.17) is 21.1 Å². The number of rotatable bonds is 4. The van der Waals surface area contributed by atoms with Crippen LogP contribution in [0.1, 0.15) is 27.5 Å². The minimum Gasteiger partial charge on any atom is -0.493 e. The van der Waals surface area contributed by atoms with Gasteiger partial charge in [0, 0.05) is 21.8 Å². The summed E-state index contributed by atoms with van der Waals surface area (Å²) in [5, 5.41) is 3.28. The number of carbonyl (C=O) groups is 2. The maximum Gasteiger partial charge on any atom is 0.255 e. The van der Waals surface area contributed by atoms with Gasteiger partial charge in [-0.3, -0.25) is 9.59 Å². The van der Waals surface area contributed by atoms with Gasteiger partial charge in [-0.05, 0) is 54.1 Å². The quantitative estimate of drug-likeness (QED) is 0.621. The summed E-state index contributed by atoms with van der Waals surface area (Å²) in [7, 11) is 2.98. The summed E-state index contributed by atoms with van der Waals surface area (Å²) in [6.07, 6.45) is 0. The monoisotopic (exact) mass is 454 g/mol. The van der Waals surface area contributed by atoms with Crippen LogP contribution in [0.15, 0.2) is 60.7 Å². The number of ether oxygens (including phenoxy) is 2. The molecule has 0 saturated carbocycles. The molecule has 0 spiro atoms. The molecular formula is C24H20ClFN2O4. The van der Waals surface area contributed by atoms with Crippen LogP contribution in [-0.2, 0) is 4.79 Å². The largest absolute Gasteiger partial charge is 0.493 e. The molecule has 164 valence electrons. The fourth-order valence-electron chi connectivity index (χ4n) is 3.81. The highest BCUT2D eigenvalue weighted by Gasteiger charge is 2.34. The van der Waals surface area contributed by atoms with Crippen LogP contribution < -0.4 is 14.8 Å². The zero-order valence-corrected chi connectivity index (χ0v) is 18.2. The predicted octanol–water partition coefficient (Wildman–Crippen LogP) is 4.68. The first-order valence-electron chi connectivity index (χ1n) is 9.79. The van der Waals surface area contributed by atoms with Crippen molar-refractivity contribution in [1.29, 1.82) is 0 Å². The van der Waals surface area contributed by atoms with Crippen LogP contribution in [0.5, 0.6) is 11.5 Å². The Bertz CT molecular complexity index is 1180. The Labute approximate surface area is 189 Å². The third-order valence-corrected chi connectivity index (χ3v) is 5.52. The van der Waals surface area contributed by atoms with Crippen molar-refractivity contribution in [3.63, 3.8) is 0 Å². The van der Waals surface area contributed by atoms with Crippen molar-refractivity contribution in [3.8, 4) is 11.5 Å². The molecule has 2 amide bonds. The normalized spacial score (nSPS) is 15.4. The Morgan fingerprint density at radius 1 is 1.03 bits per heavy atom. The van der Waals surface area contributed by atoms with Gasteiger partial charge in [-0.1, -0.05) is 23.7 Å². The Kier molecular flexibility index (Phi) is 6.01. The summed E-state index contributed by atoms with van der Waals surface area (Å²) in [5.74, 6) is -0.291. The third kappa shape index (κ3) is 4.11. The van der Waals surface area contributed by atoms with E-state index in [-0.39, 0.29) is 12.5 Å². The molecule has 8 heteroatoms. The molecule has 1 N–H and O–H groups in total. The number of hydrogen-bond donors (Lipinski definition) is 1. The van der Waals surface area contributed by atoms with Crippen molar-refractivity contribution in [1.82, 2.24) is 4.90 Å². The lowest BCUT2D eigenvalue weighted by atomic mass is 9.95. The standard InChI is InChI=1S/C24H20ClFN2O4/c1-31-20-10-5-15(11-21(20)32-2)24(30)28-13-22(29)27-19-9-6-16(25)12-18(19)23(28)14-3-7-17(26)8-4-14/h3-12,23H,13H2,1-2H3,(H,27,29)/t23-/m1/s1. The summed E-state index contributed by atoms with van der Waals surface area (Å²) >= 11 is 6.26. The van der Waals surface area contributed by atoms with E-state index in [0.717, 1.165) is 0 Å². The van der Waals surface area contributed by atoms with Crippen LogP contribution in [0.25, 0.3) is 0 Å². The molecule has 3 aromatic rings. The van der Waals surface area contributed by atoms with Crippen molar-refractivity contribution < 1.29 is 23.5 Å². The molecule has 1 aliphatic heterocycles. The highest BCUT2D eigenvalue weighted by Crippen LogP contribution is 2.38. The molecule has 4 rings (SSSR count).